The molecule has 0 N–H and O–H groups in total. The molecule has 0 radical (unpaired) electrons. The Balaban J connectivity index is 1.88. The molecule has 0 spiro atoms. The summed E-state index contributed by atoms with van der Waals surface area (Å²) in [4.78, 5) is 19.8. The Morgan fingerprint density at radius 1 is 1.08 bits per heavy atom. The highest BCUT2D eigenvalue weighted by Crippen LogP contribution is 2.33. The van der Waals surface area contributed by atoms with Crippen LogP contribution >= 0.6 is 11.8 Å². The number of rotatable bonds is 6. The number of carbonyl (C=O) groups is 1. The average molecular weight is 352 g/mol. The summed E-state index contributed by atoms with van der Waals surface area (Å²) in [5, 5.41) is 0.693. The standard InChI is InChI=1S/C20H20N2O2S/c1-2-24-14-13-22-19(23)18(15-16-9-5-3-6-10-16)25-20(22)21-17-11-7-4-8-12-17/h3-12,15H,2,13-14H2,1H3. The van der Waals surface area contributed by atoms with Crippen molar-refractivity contribution in [3.05, 3.63) is 71.1 Å². The van der Waals surface area contributed by atoms with Gasteiger partial charge in [-0.05, 0) is 42.5 Å². The van der Waals surface area contributed by atoms with Crippen LogP contribution < -0.4 is 0 Å². The van der Waals surface area contributed by atoms with Gasteiger partial charge in [0.15, 0.2) is 5.17 Å². The maximum absolute atomic E-state index is 12.8. The van der Waals surface area contributed by atoms with Gasteiger partial charge in [0.2, 0.25) is 0 Å². The van der Waals surface area contributed by atoms with E-state index in [0.29, 0.717) is 29.8 Å². The van der Waals surface area contributed by atoms with E-state index in [0.717, 1.165) is 11.3 Å². The molecule has 1 amide bonds. The summed E-state index contributed by atoms with van der Waals surface area (Å²) in [6, 6.07) is 19.5. The number of amides is 1. The van der Waals surface area contributed by atoms with Gasteiger partial charge in [-0.2, -0.15) is 0 Å². The summed E-state index contributed by atoms with van der Waals surface area (Å²) in [5.74, 6) is -0.0248. The Morgan fingerprint density at radius 3 is 2.44 bits per heavy atom. The fraction of sp³-hybridized carbons (Fsp3) is 0.200. The molecule has 0 bridgehead atoms. The number of benzene rings is 2. The van der Waals surface area contributed by atoms with Crippen molar-refractivity contribution in [2.24, 2.45) is 4.99 Å². The molecule has 5 heteroatoms. The minimum absolute atomic E-state index is 0.0248. The van der Waals surface area contributed by atoms with Gasteiger partial charge in [0.25, 0.3) is 5.91 Å². The second-order valence-corrected chi connectivity index (χ2v) is 6.41. The van der Waals surface area contributed by atoms with Crippen molar-refractivity contribution in [3.8, 4) is 0 Å². The van der Waals surface area contributed by atoms with E-state index < -0.39 is 0 Å². The first kappa shape index (κ1) is 17.5. The molecule has 0 aromatic heterocycles. The Hall–Kier alpha value is -2.37. The highest BCUT2D eigenvalue weighted by Gasteiger charge is 2.33. The van der Waals surface area contributed by atoms with Crippen LogP contribution in [0.4, 0.5) is 5.69 Å². The Kier molecular flexibility index (Phi) is 6.04. The van der Waals surface area contributed by atoms with Gasteiger partial charge in [-0.15, -0.1) is 0 Å². The summed E-state index contributed by atoms with van der Waals surface area (Å²) >= 11 is 1.41. The fourth-order valence-corrected chi connectivity index (χ4v) is 3.43. The molecule has 0 saturated carbocycles. The largest absolute Gasteiger partial charge is 0.380 e. The minimum atomic E-state index is -0.0248. The zero-order valence-electron chi connectivity index (χ0n) is 14.1. The quantitative estimate of drug-likeness (QED) is 0.574. The van der Waals surface area contributed by atoms with Crippen molar-refractivity contribution in [2.75, 3.05) is 19.8 Å². The Bertz CT molecular complexity index is 773. The molecular formula is C20H20N2O2S. The zero-order chi connectivity index (χ0) is 17.5. The topological polar surface area (TPSA) is 41.9 Å². The summed E-state index contributed by atoms with van der Waals surface area (Å²) in [7, 11) is 0. The normalized spacial score (nSPS) is 17.6. The highest BCUT2D eigenvalue weighted by molar-refractivity contribution is 8.18. The predicted molar refractivity (Wildman–Crippen MR) is 104 cm³/mol. The smallest absolute Gasteiger partial charge is 0.266 e. The molecular weight excluding hydrogens is 332 g/mol. The summed E-state index contributed by atoms with van der Waals surface area (Å²) < 4.78 is 5.42. The average Bonchev–Trinajstić information content (AvgIpc) is 2.92. The lowest BCUT2D eigenvalue weighted by Gasteiger charge is -2.15. The molecule has 3 rings (SSSR count). The van der Waals surface area contributed by atoms with E-state index in [1.54, 1.807) is 4.90 Å². The molecule has 0 atom stereocenters. The first-order valence-electron chi connectivity index (χ1n) is 8.26. The molecule has 1 saturated heterocycles. The number of nitrogens with zero attached hydrogens (tertiary/aromatic N) is 2. The third kappa shape index (κ3) is 4.59. The van der Waals surface area contributed by atoms with Gasteiger partial charge >= 0.3 is 0 Å². The van der Waals surface area contributed by atoms with E-state index in [1.807, 2.05) is 73.7 Å². The lowest BCUT2D eigenvalue weighted by atomic mass is 10.2. The minimum Gasteiger partial charge on any atom is -0.380 e. The van der Waals surface area contributed by atoms with E-state index in [9.17, 15) is 4.79 Å². The molecule has 2 aromatic carbocycles. The van der Waals surface area contributed by atoms with Gasteiger partial charge in [-0.1, -0.05) is 48.5 Å². The number of hydrogen-bond donors (Lipinski definition) is 0. The summed E-state index contributed by atoms with van der Waals surface area (Å²) in [5.41, 5.74) is 1.84. The van der Waals surface area contributed by atoms with Crippen LogP contribution in [0.3, 0.4) is 0 Å². The molecule has 0 aliphatic carbocycles. The van der Waals surface area contributed by atoms with Gasteiger partial charge in [-0.3, -0.25) is 9.69 Å². The molecule has 2 aromatic rings. The van der Waals surface area contributed by atoms with Crippen LogP contribution in [0.1, 0.15) is 12.5 Å². The number of carbonyl (C=O) groups excluding carboxylic acids is 1. The lowest BCUT2D eigenvalue weighted by molar-refractivity contribution is -0.122. The molecule has 1 heterocycles. The second-order valence-electron chi connectivity index (χ2n) is 5.40. The third-order valence-electron chi connectivity index (χ3n) is 3.63. The summed E-state index contributed by atoms with van der Waals surface area (Å²) in [6.07, 6.45) is 1.91. The van der Waals surface area contributed by atoms with Crippen molar-refractivity contribution >= 4 is 34.6 Å². The van der Waals surface area contributed by atoms with Crippen LogP contribution in [0.5, 0.6) is 0 Å². The van der Waals surface area contributed by atoms with Crippen molar-refractivity contribution < 1.29 is 9.53 Å². The van der Waals surface area contributed by atoms with Crippen molar-refractivity contribution in [3.63, 3.8) is 0 Å². The van der Waals surface area contributed by atoms with Gasteiger partial charge in [0.05, 0.1) is 23.7 Å². The first-order chi connectivity index (χ1) is 12.3. The van der Waals surface area contributed by atoms with Crippen LogP contribution in [0.15, 0.2) is 70.6 Å². The van der Waals surface area contributed by atoms with Crippen molar-refractivity contribution in [2.45, 2.75) is 6.92 Å². The van der Waals surface area contributed by atoms with Crippen LogP contribution in [0, 0.1) is 0 Å². The SMILES string of the molecule is CCOCCN1C(=O)C(=Cc2ccccc2)SC1=Nc1ccccc1. The maximum Gasteiger partial charge on any atom is 0.266 e. The van der Waals surface area contributed by atoms with Gasteiger partial charge in [0, 0.05) is 6.61 Å². The third-order valence-corrected chi connectivity index (χ3v) is 4.64. The van der Waals surface area contributed by atoms with Gasteiger partial charge in [-0.25, -0.2) is 4.99 Å². The first-order valence-corrected chi connectivity index (χ1v) is 9.07. The van der Waals surface area contributed by atoms with Gasteiger partial charge < -0.3 is 4.74 Å². The second kappa shape index (κ2) is 8.65. The predicted octanol–water partition coefficient (Wildman–Crippen LogP) is 4.33. The molecule has 0 unspecified atom stereocenters. The van der Waals surface area contributed by atoms with Crippen LogP contribution in [0.25, 0.3) is 6.08 Å². The number of hydrogen-bond acceptors (Lipinski definition) is 4. The van der Waals surface area contributed by atoms with E-state index >= 15 is 0 Å². The lowest BCUT2D eigenvalue weighted by Crippen LogP contribution is -2.32. The Morgan fingerprint density at radius 2 is 1.76 bits per heavy atom. The van der Waals surface area contributed by atoms with Crippen molar-refractivity contribution in [1.29, 1.82) is 0 Å². The molecule has 1 aliphatic rings. The van der Waals surface area contributed by atoms with Crippen LogP contribution in [-0.4, -0.2) is 35.7 Å². The van der Waals surface area contributed by atoms with E-state index in [-0.39, 0.29) is 5.91 Å². The molecule has 25 heavy (non-hydrogen) atoms. The molecule has 1 fully saturated rings. The molecule has 1 aliphatic heterocycles. The molecule has 4 nitrogen and oxygen atoms in total. The van der Waals surface area contributed by atoms with E-state index in [4.69, 9.17) is 4.74 Å². The highest BCUT2D eigenvalue weighted by atomic mass is 32.2. The zero-order valence-corrected chi connectivity index (χ0v) is 14.9. The van der Waals surface area contributed by atoms with Crippen LogP contribution in [-0.2, 0) is 9.53 Å². The van der Waals surface area contributed by atoms with Crippen molar-refractivity contribution in [1.82, 2.24) is 4.90 Å². The number of amidine groups is 1. The summed E-state index contributed by atoms with van der Waals surface area (Å²) in [6.45, 7) is 3.57. The molecule has 128 valence electrons. The van der Waals surface area contributed by atoms with E-state index in [2.05, 4.69) is 4.99 Å². The number of aliphatic imine (C=N–C) groups is 1. The Labute approximate surface area is 152 Å². The number of para-hydroxylation sites is 1. The van der Waals surface area contributed by atoms with Gasteiger partial charge in [0.1, 0.15) is 0 Å². The van der Waals surface area contributed by atoms with E-state index in [1.165, 1.54) is 11.8 Å². The monoisotopic (exact) mass is 352 g/mol. The van der Waals surface area contributed by atoms with Crippen LogP contribution in [0.2, 0.25) is 0 Å². The maximum atomic E-state index is 12.8. The number of ether oxygens (including phenoxy) is 1. The fourth-order valence-electron chi connectivity index (χ4n) is 2.40. The number of thioether (sulfide) groups is 1.